The van der Waals surface area contributed by atoms with Gasteiger partial charge in [0.2, 0.25) is 11.8 Å². The Morgan fingerprint density at radius 3 is 2.71 bits per heavy atom. The Balaban J connectivity index is 2.01. The van der Waals surface area contributed by atoms with E-state index in [-0.39, 0.29) is 30.2 Å². The number of thioether (sulfide) groups is 1. The lowest BCUT2D eigenvalue weighted by Gasteiger charge is -2.20. The lowest BCUT2D eigenvalue weighted by atomic mass is 10.2. The lowest BCUT2D eigenvalue weighted by molar-refractivity contribution is -0.134. The third kappa shape index (κ3) is 5.72. The first kappa shape index (κ1) is 21.7. The van der Waals surface area contributed by atoms with Crippen LogP contribution in [0.3, 0.4) is 0 Å². The van der Waals surface area contributed by atoms with Gasteiger partial charge in [0.1, 0.15) is 5.75 Å². The number of methoxy groups -OCH3 is 1. The van der Waals surface area contributed by atoms with Crippen LogP contribution < -0.4 is 10.1 Å². The number of rotatable bonds is 9. The van der Waals surface area contributed by atoms with Crippen molar-refractivity contribution in [2.24, 2.45) is 7.05 Å². The van der Waals surface area contributed by atoms with Crippen molar-refractivity contribution in [1.29, 1.82) is 0 Å². The van der Waals surface area contributed by atoms with Gasteiger partial charge in [0.05, 0.1) is 19.4 Å². The van der Waals surface area contributed by atoms with Crippen molar-refractivity contribution < 1.29 is 14.3 Å². The minimum Gasteiger partial charge on any atom is -0.497 e. The Morgan fingerprint density at radius 2 is 2.07 bits per heavy atom. The molecule has 1 N–H and O–H groups in total. The average molecular weight is 406 g/mol. The summed E-state index contributed by atoms with van der Waals surface area (Å²) in [5.74, 6) is 1.35. The second-order valence-electron chi connectivity index (χ2n) is 6.52. The van der Waals surface area contributed by atoms with Gasteiger partial charge in [-0.15, -0.1) is 10.2 Å². The quantitative estimate of drug-likeness (QED) is 0.642. The molecular formula is C19H27N5O3S. The van der Waals surface area contributed by atoms with Gasteiger partial charge in [-0.25, -0.2) is 0 Å². The number of carbonyl (C=O) groups excluding carboxylic acids is 2. The Labute approximate surface area is 169 Å². The number of aromatic nitrogens is 3. The van der Waals surface area contributed by atoms with E-state index in [4.69, 9.17) is 4.74 Å². The third-order valence-electron chi connectivity index (χ3n) is 4.01. The predicted molar refractivity (Wildman–Crippen MR) is 109 cm³/mol. The van der Waals surface area contributed by atoms with E-state index < -0.39 is 0 Å². The Morgan fingerprint density at radius 1 is 1.32 bits per heavy atom. The van der Waals surface area contributed by atoms with E-state index >= 15 is 0 Å². The zero-order chi connectivity index (χ0) is 20.7. The Bertz CT molecular complexity index is 822. The molecular weight excluding hydrogens is 378 g/mol. The highest BCUT2D eigenvalue weighted by Gasteiger charge is 2.18. The van der Waals surface area contributed by atoms with Crippen LogP contribution in [0.4, 0.5) is 0 Å². The SMILES string of the molecule is CCN(CC(=O)NC(C)C)C(=O)CSc1nnc(-c2cccc(OC)c2)n1C. The van der Waals surface area contributed by atoms with Crippen molar-refractivity contribution in [3.8, 4) is 17.1 Å². The van der Waals surface area contributed by atoms with Crippen LogP contribution >= 0.6 is 11.8 Å². The Kier molecular flexibility index (Phi) is 7.86. The monoisotopic (exact) mass is 405 g/mol. The van der Waals surface area contributed by atoms with Gasteiger partial charge in [0.25, 0.3) is 0 Å². The molecule has 2 rings (SSSR count). The maximum atomic E-state index is 12.5. The summed E-state index contributed by atoms with van der Waals surface area (Å²) in [6, 6.07) is 7.61. The third-order valence-corrected chi connectivity index (χ3v) is 5.01. The summed E-state index contributed by atoms with van der Waals surface area (Å²) in [4.78, 5) is 25.9. The molecule has 0 atom stereocenters. The number of carbonyl (C=O) groups is 2. The van der Waals surface area contributed by atoms with Crippen LogP contribution in [0.25, 0.3) is 11.4 Å². The molecule has 28 heavy (non-hydrogen) atoms. The molecule has 152 valence electrons. The Hall–Kier alpha value is -2.55. The van der Waals surface area contributed by atoms with E-state index in [9.17, 15) is 9.59 Å². The molecule has 8 nitrogen and oxygen atoms in total. The fourth-order valence-electron chi connectivity index (χ4n) is 2.59. The van der Waals surface area contributed by atoms with E-state index in [1.165, 1.54) is 16.7 Å². The summed E-state index contributed by atoms with van der Waals surface area (Å²) < 4.78 is 7.09. The summed E-state index contributed by atoms with van der Waals surface area (Å²) in [7, 11) is 3.47. The van der Waals surface area contributed by atoms with E-state index in [1.807, 2.05) is 56.7 Å². The molecule has 0 saturated carbocycles. The normalized spacial score (nSPS) is 10.8. The van der Waals surface area contributed by atoms with Crippen LogP contribution in [0.2, 0.25) is 0 Å². The molecule has 2 aromatic rings. The predicted octanol–water partition coefficient (Wildman–Crippen LogP) is 1.96. The zero-order valence-electron chi connectivity index (χ0n) is 16.9. The number of amides is 2. The minimum atomic E-state index is -0.158. The van der Waals surface area contributed by atoms with E-state index in [2.05, 4.69) is 15.5 Å². The van der Waals surface area contributed by atoms with Gasteiger partial charge >= 0.3 is 0 Å². The van der Waals surface area contributed by atoms with Crippen LogP contribution in [0, 0.1) is 0 Å². The molecule has 1 aromatic heterocycles. The summed E-state index contributed by atoms with van der Waals surface area (Å²) >= 11 is 1.30. The van der Waals surface area contributed by atoms with Crippen molar-refractivity contribution in [2.45, 2.75) is 32.0 Å². The topological polar surface area (TPSA) is 89.3 Å². The summed E-state index contributed by atoms with van der Waals surface area (Å²) in [5, 5.41) is 11.9. The van der Waals surface area contributed by atoms with Crippen molar-refractivity contribution in [2.75, 3.05) is 26.0 Å². The first-order valence-corrected chi connectivity index (χ1v) is 10.1. The molecule has 0 aliphatic heterocycles. The minimum absolute atomic E-state index is 0.0457. The number of hydrogen-bond acceptors (Lipinski definition) is 6. The molecule has 0 saturated heterocycles. The zero-order valence-corrected chi connectivity index (χ0v) is 17.7. The molecule has 0 spiro atoms. The standard InChI is InChI=1S/C19H27N5O3S/c1-6-24(11-16(25)20-13(2)3)17(26)12-28-19-22-21-18(23(19)4)14-8-7-9-15(10-14)27-5/h7-10,13H,6,11-12H2,1-5H3,(H,20,25). The number of hydrogen-bond donors (Lipinski definition) is 1. The molecule has 0 aliphatic rings. The molecule has 2 amide bonds. The molecule has 0 unspecified atom stereocenters. The largest absolute Gasteiger partial charge is 0.497 e. The van der Waals surface area contributed by atoms with Gasteiger partial charge < -0.3 is 19.5 Å². The smallest absolute Gasteiger partial charge is 0.239 e. The van der Waals surface area contributed by atoms with E-state index in [0.717, 1.165) is 11.3 Å². The van der Waals surface area contributed by atoms with Gasteiger partial charge in [-0.05, 0) is 32.9 Å². The molecule has 1 aromatic carbocycles. The van der Waals surface area contributed by atoms with Gasteiger partial charge in [-0.3, -0.25) is 9.59 Å². The first-order valence-electron chi connectivity index (χ1n) is 9.09. The molecule has 0 bridgehead atoms. The van der Waals surface area contributed by atoms with Crippen molar-refractivity contribution >= 4 is 23.6 Å². The van der Waals surface area contributed by atoms with Crippen LogP contribution in [-0.4, -0.2) is 63.5 Å². The summed E-state index contributed by atoms with van der Waals surface area (Å²) in [6.45, 7) is 6.16. The number of nitrogens with one attached hydrogen (secondary N) is 1. The molecule has 1 heterocycles. The number of likely N-dealkylation sites (N-methyl/N-ethyl adjacent to an activating group) is 1. The van der Waals surface area contributed by atoms with Crippen molar-refractivity contribution in [3.63, 3.8) is 0 Å². The van der Waals surface area contributed by atoms with Gasteiger partial charge in [0, 0.05) is 25.2 Å². The van der Waals surface area contributed by atoms with Crippen LogP contribution in [-0.2, 0) is 16.6 Å². The van der Waals surface area contributed by atoms with E-state index in [1.54, 1.807) is 7.11 Å². The second kappa shape index (κ2) is 10.1. The number of benzene rings is 1. The highest BCUT2D eigenvalue weighted by molar-refractivity contribution is 7.99. The molecule has 9 heteroatoms. The summed E-state index contributed by atoms with van der Waals surface area (Å²) in [5.41, 5.74) is 0.882. The average Bonchev–Trinajstić information content (AvgIpc) is 3.04. The van der Waals surface area contributed by atoms with E-state index in [0.29, 0.717) is 17.5 Å². The number of nitrogens with zero attached hydrogens (tertiary/aromatic N) is 4. The van der Waals surface area contributed by atoms with Crippen molar-refractivity contribution in [1.82, 2.24) is 25.0 Å². The maximum Gasteiger partial charge on any atom is 0.239 e. The first-order chi connectivity index (χ1) is 13.3. The maximum absolute atomic E-state index is 12.5. The highest BCUT2D eigenvalue weighted by atomic mass is 32.2. The van der Waals surface area contributed by atoms with Crippen LogP contribution in [0.15, 0.2) is 29.4 Å². The second-order valence-corrected chi connectivity index (χ2v) is 7.46. The van der Waals surface area contributed by atoms with Crippen LogP contribution in [0.1, 0.15) is 20.8 Å². The highest BCUT2D eigenvalue weighted by Crippen LogP contribution is 2.25. The van der Waals surface area contributed by atoms with Crippen LogP contribution in [0.5, 0.6) is 5.75 Å². The van der Waals surface area contributed by atoms with Crippen molar-refractivity contribution in [3.05, 3.63) is 24.3 Å². The van der Waals surface area contributed by atoms with Gasteiger partial charge in [-0.1, -0.05) is 23.9 Å². The van der Waals surface area contributed by atoms with Gasteiger partial charge in [0.15, 0.2) is 11.0 Å². The molecule has 0 fully saturated rings. The molecule has 0 radical (unpaired) electrons. The fourth-order valence-corrected chi connectivity index (χ4v) is 3.40. The lowest BCUT2D eigenvalue weighted by Crippen LogP contribution is -2.43. The van der Waals surface area contributed by atoms with Gasteiger partial charge in [-0.2, -0.15) is 0 Å². The molecule has 0 aliphatic carbocycles. The fraction of sp³-hybridized carbons (Fsp3) is 0.474. The summed E-state index contributed by atoms with van der Waals surface area (Å²) in [6.07, 6.45) is 0. The number of ether oxygens (including phenoxy) is 1.